The van der Waals surface area contributed by atoms with Crippen molar-refractivity contribution in [1.82, 2.24) is 9.80 Å². The molecule has 0 spiro atoms. The average Bonchev–Trinajstić information content (AvgIpc) is 3.53. The average molecular weight is 499 g/mol. The van der Waals surface area contributed by atoms with Gasteiger partial charge in [0.1, 0.15) is 6.54 Å². The summed E-state index contributed by atoms with van der Waals surface area (Å²) < 4.78 is 0. The Bertz CT molecular complexity index is 1200. The molecule has 1 saturated carbocycles. The van der Waals surface area contributed by atoms with Gasteiger partial charge in [0.25, 0.3) is 5.91 Å². The normalized spacial score (nSPS) is 17.5. The number of thiophene rings is 1. The molecule has 1 aromatic heterocycles. The summed E-state index contributed by atoms with van der Waals surface area (Å²) in [6.07, 6.45) is 2.67. The minimum atomic E-state index is -0.284. The van der Waals surface area contributed by atoms with Gasteiger partial charge in [-0.1, -0.05) is 47.0 Å². The van der Waals surface area contributed by atoms with Gasteiger partial charge >= 0.3 is 0 Å². The van der Waals surface area contributed by atoms with E-state index in [1.807, 2.05) is 48.2 Å². The number of halogens is 2. The molecule has 33 heavy (non-hydrogen) atoms. The molecular formula is C26H24Cl2N2O2S. The van der Waals surface area contributed by atoms with Gasteiger partial charge in [-0.15, -0.1) is 11.3 Å². The first-order chi connectivity index (χ1) is 15.9. The van der Waals surface area contributed by atoms with E-state index in [2.05, 4.69) is 11.4 Å². The van der Waals surface area contributed by atoms with E-state index >= 15 is 0 Å². The highest BCUT2D eigenvalue weighted by atomic mass is 35.5. The van der Waals surface area contributed by atoms with E-state index in [9.17, 15) is 9.59 Å². The van der Waals surface area contributed by atoms with Crippen molar-refractivity contribution >= 4 is 46.4 Å². The molecule has 2 heterocycles. The first-order valence-electron chi connectivity index (χ1n) is 11.1. The minimum absolute atomic E-state index is 0.0600. The summed E-state index contributed by atoms with van der Waals surface area (Å²) in [4.78, 5) is 31.9. The molecule has 1 aliphatic carbocycles. The first kappa shape index (κ1) is 22.5. The summed E-state index contributed by atoms with van der Waals surface area (Å²) in [5.74, 6) is -0.143. The van der Waals surface area contributed by atoms with Crippen LogP contribution in [0.1, 0.15) is 50.8 Å². The number of fused-ring (bicyclic) bond motifs is 1. The lowest BCUT2D eigenvalue weighted by Gasteiger charge is -2.38. The molecule has 0 bridgehead atoms. The quantitative estimate of drug-likeness (QED) is 0.423. The summed E-state index contributed by atoms with van der Waals surface area (Å²) in [6, 6.07) is 14.9. The second-order valence-corrected chi connectivity index (χ2v) is 10.6. The van der Waals surface area contributed by atoms with Gasteiger partial charge in [-0.3, -0.25) is 9.59 Å². The van der Waals surface area contributed by atoms with E-state index < -0.39 is 0 Å². The summed E-state index contributed by atoms with van der Waals surface area (Å²) >= 11 is 14.4. The van der Waals surface area contributed by atoms with Gasteiger partial charge in [-0.05, 0) is 73.0 Å². The molecule has 0 radical (unpaired) electrons. The standard InChI is InChI=1S/C26H24Cl2N2O2S/c1-16-2-4-17(5-3-16)26(32)30(19-7-8-19)15-24(31)29-12-10-23-21(11-13-33-23)25(29)20-9-6-18(27)14-22(20)28/h2-6,9,11,13-14,19,25H,7-8,10,12,15H2,1H3. The Labute approximate surface area is 207 Å². The van der Waals surface area contributed by atoms with Crippen molar-refractivity contribution in [3.63, 3.8) is 0 Å². The molecule has 5 rings (SSSR count). The SMILES string of the molecule is Cc1ccc(C(=O)N(CC(=O)N2CCc3sccc3C2c2ccc(Cl)cc2Cl)C2CC2)cc1. The molecule has 2 aromatic carbocycles. The van der Waals surface area contributed by atoms with Crippen LogP contribution in [0.2, 0.25) is 10.0 Å². The van der Waals surface area contributed by atoms with Crippen LogP contribution >= 0.6 is 34.5 Å². The Hall–Kier alpha value is -2.34. The first-order valence-corrected chi connectivity index (χ1v) is 12.7. The number of carbonyl (C=O) groups excluding carboxylic acids is 2. The van der Waals surface area contributed by atoms with Crippen LogP contribution in [0.3, 0.4) is 0 Å². The lowest BCUT2D eigenvalue weighted by Crippen LogP contribution is -2.47. The fraction of sp³-hybridized carbons (Fsp3) is 0.308. The Kier molecular flexibility index (Phi) is 6.21. The van der Waals surface area contributed by atoms with Gasteiger partial charge in [0.15, 0.2) is 0 Å². The van der Waals surface area contributed by atoms with Gasteiger partial charge in [-0.25, -0.2) is 0 Å². The number of nitrogens with zero attached hydrogens (tertiary/aromatic N) is 2. The molecule has 4 nitrogen and oxygen atoms in total. The number of aryl methyl sites for hydroxylation is 1. The van der Waals surface area contributed by atoms with Gasteiger partial charge in [-0.2, -0.15) is 0 Å². The van der Waals surface area contributed by atoms with E-state index in [0.717, 1.165) is 36.0 Å². The van der Waals surface area contributed by atoms with Crippen molar-refractivity contribution in [2.24, 2.45) is 0 Å². The minimum Gasteiger partial charge on any atom is -0.330 e. The summed E-state index contributed by atoms with van der Waals surface area (Å²) in [7, 11) is 0. The van der Waals surface area contributed by atoms with Gasteiger partial charge < -0.3 is 9.80 Å². The van der Waals surface area contributed by atoms with Crippen molar-refractivity contribution in [2.75, 3.05) is 13.1 Å². The maximum atomic E-state index is 13.7. The molecule has 1 unspecified atom stereocenters. The van der Waals surface area contributed by atoms with Crippen molar-refractivity contribution in [3.8, 4) is 0 Å². The smallest absolute Gasteiger partial charge is 0.254 e. The van der Waals surface area contributed by atoms with Gasteiger partial charge in [0.2, 0.25) is 5.91 Å². The van der Waals surface area contributed by atoms with Crippen LogP contribution in [0.15, 0.2) is 53.9 Å². The number of hydrogen-bond acceptors (Lipinski definition) is 3. The third-order valence-corrected chi connectivity index (χ3v) is 7.95. The number of hydrogen-bond donors (Lipinski definition) is 0. The van der Waals surface area contributed by atoms with E-state index in [0.29, 0.717) is 22.2 Å². The second kappa shape index (κ2) is 9.13. The van der Waals surface area contributed by atoms with E-state index in [1.165, 1.54) is 4.88 Å². The third kappa shape index (κ3) is 4.54. The molecule has 2 amide bonds. The summed E-state index contributed by atoms with van der Waals surface area (Å²) in [5.41, 5.74) is 3.68. The zero-order valence-corrected chi connectivity index (χ0v) is 20.6. The highest BCUT2D eigenvalue weighted by Gasteiger charge is 2.38. The molecule has 170 valence electrons. The Morgan fingerprint density at radius 3 is 2.52 bits per heavy atom. The Morgan fingerprint density at radius 1 is 1.06 bits per heavy atom. The molecule has 2 aliphatic rings. The molecule has 1 aliphatic heterocycles. The Morgan fingerprint density at radius 2 is 1.82 bits per heavy atom. The maximum Gasteiger partial charge on any atom is 0.254 e. The predicted octanol–water partition coefficient (Wildman–Crippen LogP) is 6.14. The Balaban J connectivity index is 1.44. The van der Waals surface area contributed by atoms with Crippen molar-refractivity contribution in [3.05, 3.63) is 91.1 Å². The number of carbonyl (C=O) groups is 2. The van der Waals surface area contributed by atoms with Crippen molar-refractivity contribution in [2.45, 2.75) is 38.3 Å². The van der Waals surface area contributed by atoms with Crippen molar-refractivity contribution in [1.29, 1.82) is 0 Å². The molecule has 3 aromatic rings. The lowest BCUT2D eigenvalue weighted by molar-refractivity contribution is -0.134. The number of amides is 2. The van der Waals surface area contributed by atoms with Crippen LogP contribution in [0, 0.1) is 6.92 Å². The van der Waals surface area contributed by atoms with E-state index in [-0.39, 0.29) is 30.4 Å². The van der Waals surface area contributed by atoms with Gasteiger partial charge in [0, 0.05) is 33.1 Å². The van der Waals surface area contributed by atoms with Crippen LogP contribution in [-0.2, 0) is 11.2 Å². The lowest BCUT2D eigenvalue weighted by atomic mass is 9.93. The highest BCUT2D eigenvalue weighted by molar-refractivity contribution is 7.10. The monoisotopic (exact) mass is 498 g/mol. The maximum absolute atomic E-state index is 13.7. The fourth-order valence-electron chi connectivity index (χ4n) is 4.50. The molecule has 1 atom stereocenters. The van der Waals surface area contributed by atoms with Crippen molar-refractivity contribution < 1.29 is 9.59 Å². The van der Waals surface area contributed by atoms with Crippen LogP contribution in [0.25, 0.3) is 0 Å². The van der Waals surface area contributed by atoms with Crippen LogP contribution in [0.4, 0.5) is 0 Å². The van der Waals surface area contributed by atoms with Crippen LogP contribution in [-0.4, -0.2) is 40.7 Å². The molecular weight excluding hydrogens is 475 g/mol. The molecule has 0 N–H and O–H groups in total. The van der Waals surface area contributed by atoms with E-state index in [4.69, 9.17) is 23.2 Å². The summed E-state index contributed by atoms with van der Waals surface area (Å²) in [5, 5.41) is 3.16. The summed E-state index contributed by atoms with van der Waals surface area (Å²) in [6.45, 7) is 2.65. The fourth-order valence-corrected chi connectivity index (χ4v) is 5.91. The van der Waals surface area contributed by atoms with Gasteiger partial charge in [0.05, 0.1) is 6.04 Å². The zero-order chi connectivity index (χ0) is 23.1. The molecule has 7 heteroatoms. The van der Waals surface area contributed by atoms with E-state index in [1.54, 1.807) is 22.3 Å². The van der Waals surface area contributed by atoms with Crippen LogP contribution in [0.5, 0.6) is 0 Å². The largest absolute Gasteiger partial charge is 0.330 e. The second-order valence-electron chi connectivity index (χ2n) is 8.73. The van der Waals surface area contributed by atoms with Crippen LogP contribution < -0.4 is 0 Å². The number of rotatable bonds is 5. The topological polar surface area (TPSA) is 40.6 Å². The molecule has 0 saturated heterocycles. The highest BCUT2D eigenvalue weighted by Crippen LogP contribution is 2.41. The third-order valence-electron chi connectivity index (χ3n) is 6.40. The zero-order valence-electron chi connectivity index (χ0n) is 18.3. The predicted molar refractivity (Wildman–Crippen MR) is 133 cm³/mol. The molecule has 1 fully saturated rings. The number of benzene rings is 2.